The average molecular weight is 305 g/mol. The third-order valence-electron chi connectivity index (χ3n) is 3.31. The van der Waals surface area contributed by atoms with Gasteiger partial charge in [-0.25, -0.2) is 0 Å². The molecule has 2 N–H and O–H groups in total. The molecule has 110 valence electrons. The van der Waals surface area contributed by atoms with Crippen molar-refractivity contribution in [2.24, 2.45) is 4.99 Å². The summed E-state index contributed by atoms with van der Waals surface area (Å²) in [7, 11) is 0. The lowest BCUT2D eigenvalue weighted by Crippen LogP contribution is -1.99. The van der Waals surface area contributed by atoms with Crippen LogP contribution in [0.1, 0.15) is 35.3 Å². The van der Waals surface area contributed by atoms with Gasteiger partial charge in [0.15, 0.2) is 0 Å². The molecule has 0 radical (unpaired) electrons. The van der Waals surface area contributed by atoms with Crippen LogP contribution in [0.4, 0.5) is 0 Å². The Kier molecular flexibility index (Phi) is 4.94. The van der Waals surface area contributed by atoms with Crippen LogP contribution in [0.5, 0.6) is 5.75 Å². The van der Waals surface area contributed by atoms with Crippen LogP contribution >= 0.6 is 11.6 Å². The number of rotatable bonds is 4. The molecule has 0 saturated heterocycles. The molecular formula is C16H17ClN2O2. The Morgan fingerprint density at radius 3 is 2.62 bits per heavy atom. The molecule has 1 aromatic heterocycles. The predicted octanol–water partition coefficient (Wildman–Crippen LogP) is 3.42. The van der Waals surface area contributed by atoms with Crippen molar-refractivity contribution in [3.05, 3.63) is 57.9 Å². The Labute approximate surface area is 128 Å². The van der Waals surface area contributed by atoms with Crippen molar-refractivity contribution in [1.82, 2.24) is 4.98 Å². The molecule has 0 spiro atoms. The fourth-order valence-corrected chi connectivity index (χ4v) is 2.06. The number of benzene rings is 1. The van der Waals surface area contributed by atoms with E-state index < -0.39 is 0 Å². The van der Waals surface area contributed by atoms with Crippen LogP contribution in [-0.4, -0.2) is 21.4 Å². The summed E-state index contributed by atoms with van der Waals surface area (Å²) in [4.78, 5) is 8.46. The molecule has 0 amide bonds. The summed E-state index contributed by atoms with van der Waals surface area (Å²) < 4.78 is 0. The van der Waals surface area contributed by atoms with E-state index in [1.807, 2.05) is 31.2 Å². The molecule has 0 fully saturated rings. The van der Waals surface area contributed by atoms with E-state index >= 15 is 0 Å². The molecule has 1 atom stereocenters. The summed E-state index contributed by atoms with van der Waals surface area (Å²) in [6.45, 7) is 3.46. The van der Waals surface area contributed by atoms with Gasteiger partial charge in [0.05, 0.1) is 18.3 Å². The van der Waals surface area contributed by atoms with Crippen LogP contribution in [0, 0.1) is 6.92 Å². The minimum atomic E-state index is -0.197. The highest BCUT2D eigenvalue weighted by Gasteiger charge is 2.10. The van der Waals surface area contributed by atoms with Gasteiger partial charge < -0.3 is 10.2 Å². The number of aliphatic imine (C=N–C) groups is 1. The van der Waals surface area contributed by atoms with Gasteiger partial charge in [0, 0.05) is 28.6 Å². The van der Waals surface area contributed by atoms with E-state index in [-0.39, 0.29) is 18.4 Å². The molecule has 5 heteroatoms. The molecule has 21 heavy (non-hydrogen) atoms. The average Bonchev–Trinajstić information content (AvgIpc) is 2.49. The summed E-state index contributed by atoms with van der Waals surface area (Å²) in [6, 6.07) is 7.37. The van der Waals surface area contributed by atoms with Crippen LogP contribution in [-0.2, 0) is 6.61 Å². The van der Waals surface area contributed by atoms with Gasteiger partial charge in [0.1, 0.15) is 5.75 Å². The zero-order valence-electron chi connectivity index (χ0n) is 11.9. The van der Waals surface area contributed by atoms with E-state index in [1.165, 1.54) is 0 Å². The second-order valence-corrected chi connectivity index (χ2v) is 5.23. The molecule has 0 saturated carbocycles. The summed E-state index contributed by atoms with van der Waals surface area (Å²) in [5, 5.41) is 20.0. The number of aliphatic hydroxyl groups is 1. The van der Waals surface area contributed by atoms with Gasteiger partial charge in [-0.2, -0.15) is 0 Å². The largest absolute Gasteiger partial charge is 0.505 e. The minimum Gasteiger partial charge on any atom is -0.505 e. The van der Waals surface area contributed by atoms with E-state index in [9.17, 15) is 10.2 Å². The van der Waals surface area contributed by atoms with Gasteiger partial charge in [0.25, 0.3) is 0 Å². The number of aromatic nitrogens is 1. The van der Waals surface area contributed by atoms with Gasteiger partial charge in [-0.15, -0.1) is 0 Å². The lowest BCUT2D eigenvalue weighted by atomic mass is 10.1. The molecule has 2 rings (SSSR count). The summed E-state index contributed by atoms with van der Waals surface area (Å²) in [5.74, 6) is 0.0496. The quantitative estimate of drug-likeness (QED) is 0.851. The monoisotopic (exact) mass is 304 g/mol. The van der Waals surface area contributed by atoms with Crippen molar-refractivity contribution in [3.8, 4) is 5.75 Å². The summed E-state index contributed by atoms with van der Waals surface area (Å²) >= 11 is 5.86. The van der Waals surface area contributed by atoms with E-state index in [0.29, 0.717) is 21.8 Å². The molecule has 1 aromatic carbocycles. The van der Waals surface area contributed by atoms with Gasteiger partial charge >= 0.3 is 0 Å². The number of nitrogens with zero attached hydrogens (tertiary/aromatic N) is 2. The molecule has 0 unspecified atom stereocenters. The topological polar surface area (TPSA) is 65.7 Å². The molecule has 1 heterocycles. The summed E-state index contributed by atoms with van der Waals surface area (Å²) in [5.41, 5.74) is 2.58. The van der Waals surface area contributed by atoms with E-state index in [2.05, 4.69) is 9.98 Å². The van der Waals surface area contributed by atoms with Crippen molar-refractivity contribution in [3.63, 3.8) is 0 Å². The van der Waals surface area contributed by atoms with Crippen LogP contribution in [0.2, 0.25) is 5.02 Å². The standard InChI is InChI=1S/C16H17ClN2O2/c1-10(12-3-5-14(17)6-4-12)19-8-15-13(9-20)7-18-11(2)16(15)21/h3-8,10,20-21H,9H2,1-2H3/t10-/m1/s1. The maximum Gasteiger partial charge on any atom is 0.145 e. The first-order valence-electron chi connectivity index (χ1n) is 6.60. The van der Waals surface area contributed by atoms with Crippen molar-refractivity contribution >= 4 is 17.8 Å². The van der Waals surface area contributed by atoms with Crippen LogP contribution in [0.3, 0.4) is 0 Å². The number of aromatic hydroxyl groups is 1. The highest BCUT2D eigenvalue weighted by Crippen LogP contribution is 2.24. The normalized spacial score (nSPS) is 12.8. The van der Waals surface area contributed by atoms with E-state index in [0.717, 1.165) is 5.56 Å². The molecule has 0 bridgehead atoms. The van der Waals surface area contributed by atoms with Crippen molar-refractivity contribution in [1.29, 1.82) is 0 Å². The third-order valence-corrected chi connectivity index (χ3v) is 3.56. The first-order valence-corrected chi connectivity index (χ1v) is 6.97. The van der Waals surface area contributed by atoms with Crippen LogP contribution in [0.25, 0.3) is 0 Å². The SMILES string of the molecule is Cc1ncc(CO)c(C=N[C@H](C)c2ccc(Cl)cc2)c1O. The minimum absolute atomic E-state index is 0.0496. The second kappa shape index (κ2) is 6.70. The van der Waals surface area contributed by atoms with Gasteiger partial charge in [-0.3, -0.25) is 9.98 Å². The Balaban J connectivity index is 2.28. The Morgan fingerprint density at radius 1 is 1.33 bits per heavy atom. The number of hydrogen-bond acceptors (Lipinski definition) is 4. The Bertz CT molecular complexity index is 654. The molecule has 0 aliphatic rings. The number of halogens is 1. The summed E-state index contributed by atoms with van der Waals surface area (Å²) in [6.07, 6.45) is 3.12. The lowest BCUT2D eigenvalue weighted by Gasteiger charge is -2.09. The molecular weight excluding hydrogens is 288 g/mol. The van der Waals surface area contributed by atoms with Crippen molar-refractivity contribution in [2.75, 3.05) is 0 Å². The van der Waals surface area contributed by atoms with E-state index in [4.69, 9.17) is 11.6 Å². The Hall–Kier alpha value is -1.91. The van der Waals surface area contributed by atoms with Gasteiger partial charge in [0.2, 0.25) is 0 Å². The zero-order valence-corrected chi connectivity index (χ0v) is 12.7. The van der Waals surface area contributed by atoms with E-state index in [1.54, 1.807) is 19.3 Å². The second-order valence-electron chi connectivity index (χ2n) is 4.79. The lowest BCUT2D eigenvalue weighted by molar-refractivity contribution is 0.280. The van der Waals surface area contributed by atoms with Crippen LogP contribution < -0.4 is 0 Å². The van der Waals surface area contributed by atoms with Crippen molar-refractivity contribution < 1.29 is 10.2 Å². The maximum atomic E-state index is 10.0. The first kappa shape index (κ1) is 15.5. The fourth-order valence-electron chi connectivity index (χ4n) is 1.94. The Morgan fingerprint density at radius 2 is 2.00 bits per heavy atom. The number of hydrogen-bond donors (Lipinski definition) is 2. The molecule has 0 aliphatic carbocycles. The third kappa shape index (κ3) is 3.60. The highest BCUT2D eigenvalue weighted by atomic mass is 35.5. The number of aryl methyl sites for hydroxylation is 1. The van der Waals surface area contributed by atoms with Gasteiger partial charge in [-0.05, 0) is 31.5 Å². The smallest absolute Gasteiger partial charge is 0.145 e. The van der Waals surface area contributed by atoms with Crippen molar-refractivity contribution in [2.45, 2.75) is 26.5 Å². The zero-order chi connectivity index (χ0) is 15.4. The van der Waals surface area contributed by atoms with Gasteiger partial charge in [-0.1, -0.05) is 23.7 Å². The maximum absolute atomic E-state index is 10.0. The highest BCUT2D eigenvalue weighted by molar-refractivity contribution is 6.30. The van der Waals surface area contributed by atoms with Crippen LogP contribution in [0.15, 0.2) is 35.5 Å². The molecule has 4 nitrogen and oxygen atoms in total. The molecule has 0 aliphatic heterocycles. The molecule has 2 aromatic rings. The number of aliphatic hydroxyl groups excluding tert-OH is 1. The fraction of sp³-hybridized carbons (Fsp3) is 0.250. The predicted molar refractivity (Wildman–Crippen MR) is 84.0 cm³/mol. The first-order chi connectivity index (χ1) is 10.0. The number of pyridine rings is 1.